The molecule has 0 saturated carbocycles. The Balaban J connectivity index is 2.60. The van der Waals surface area contributed by atoms with Gasteiger partial charge < -0.3 is 0 Å². The number of nitro benzene ring substituents is 1. The minimum Gasteiger partial charge on any atom is -0.275 e. The molecule has 2 rings (SSSR count). The van der Waals surface area contributed by atoms with Crippen LogP contribution in [0.3, 0.4) is 0 Å². The summed E-state index contributed by atoms with van der Waals surface area (Å²) < 4.78 is 27.8. The van der Waals surface area contributed by atoms with Crippen molar-refractivity contribution in [2.45, 2.75) is 0 Å². The van der Waals surface area contributed by atoms with Crippen LogP contribution in [0.15, 0.2) is 24.5 Å². The molecule has 88 valence electrons. The monoisotopic (exact) mass is 239 g/mol. The van der Waals surface area contributed by atoms with Crippen molar-refractivity contribution in [1.82, 2.24) is 9.78 Å². The second-order valence-corrected chi connectivity index (χ2v) is 3.45. The highest BCUT2D eigenvalue weighted by Crippen LogP contribution is 2.28. The van der Waals surface area contributed by atoms with E-state index in [1.807, 2.05) is 0 Å². The molecule has 2 aromatic rings. The minimum absolute atomic E-state index is 0.212. The summed E-state index contributed by atoms with van der Waals surface area (Å²) in [5.41, 5.74) is -0.193. The van der Waals surface area contributed by atoms with E-state index in [1.54, 1.807) is 13.2 Å². The molecule has 0 spiro atoms. The number of aromatic nitrogens is 2. The first-order valence-corrected chi connectivity index (χ1v) is 4.61. The number of nitro groups is 1. The molecule has 1 aromatic heterocycles. The molecule has 0 aliphatic heterocycles. The van der Waals surface area contributed by atoms with Crippen LogP contribution in [0.2, 0.25) is 0 Å². The number of nitrogens with zero attached hydrogens (tertiary/aromatic N) is 3. The van der Waals surface area contributed by atoms with Gasteiger partial charge in [-0.05, 0) is 11.6 Å². The summed E-state index contributed by atoms with van der Waals surface area (Å²) >= 11 is 0. The smallest absolute Gasteiger partial charge is 0.275 e. The standard InChI is InChI=1S/C10H7F2N3O2/c1-14-5-7(4-13-14)6-2-8(11)10(12)9(3-6)15(16)17/h2-5H,1H3. The highest BCUT2D eigenvalue weighted by Gasteiger charge is 2.20. The first-order valence-electron chi connectivity index (χ1n) is 4.61. The lowest BCUT2D eigenvalue weighted by molar-refractivity contribution is -0.387. The fourth-order valence-corrected chi connectivity index (χ4v) is 1.44. The molecule has 0 unspecified atom stereocenters. The highest BCUT2D eigenvalue weighted by atomic mass is 19.2. The molecule has 0 aliphatic carbocycles. The van der Waals surface area contributed by atoms with Crippen molar-refractivity contribution in [1.29, 1.82) is 0 Å². The zero-order chi connectivity index (χ0) is 12.6. The molecule has 0 saturated heterocycles. The maximum Gasteiger partial charge on any atom is 0.308 e. The molecule has 0 radical (unpaired) electrons. The first kappa shape index (κ1) is 11.2. The second kappa shape index (κ2) is 3.93. The van der Waals surface area contributed by atoms with Gasteiger partial charge in [0.05, 0.1) is 11.1 Å². The van der Waals surface area contributed by atoms with Gasteiger partial charge in [0.25, 0.3) is 0 Å². The molecule has 0 atom stereocenters. The highest BCUT2D eigenvalue weighted by molar-refractivity contribution is 5.65. The molecule has 17 heavy (non-hydrogen) atoms. The van der Waals surface area contributed by atoms with E-state index in [-0.39, 0.29) is 5.56 Å². The lowest BCUT2D eigenvalue weighted by atomic mass is 10.1. The van der Waals surface area contributed by atoms with Gasteiger partial charge in [-0.1, -0.05) is 0 Å². The van der Waals surface area contributed by atoms with Gasteiger partial charge >= 0.3 is 5.69 Å². The Labute approximate surface area is 94.4 Å². The van der Waals surface area contributed by atoms with E-state index in [4.69, 9.17) is 0 Å². The van der Waals surface area contributed by atoms with Crippen LogP contribution in [0.1, 0.15) is 0 Å². The SMILES string of the molecule is Cn1cc(-c2cc(F)c(F)c([N+](=O)[O-])c2)cn1. The number of aryl methyl sites for hydroxylation is 1. The summed E-state index contributed by atoms with van der Waals surface area (Å²) in [4.78, 5) is 9.58. The molecule has 7 heteroatoms. The van der Waals surface area contributed by atoms with Gasteiger partial charge in [-0.2, -0.15) is 9.49 Å². The number of halogens is 2. The lowest BCUT2D eigenvalue weighted by Crippen LogP contribution is -1.96. The van der Waals surface area contributed by atoms with E-state index in [0.717, 1.165) is 12.1 Å². The van der Waals surface area contributed by atoms with Crippen LogP contribution >= 0.6 is 0 Å². The molecule has 5 nitrogen and oxygen atoms in total. The summed E-state index contributed by atoms with van der Waals surface area (Å²) in [6.45, 7) is 0. The number of benzene rings is 1. The fraction of sp³-hybridized carbons (Fsp3) is 0.100. The first-order chi connectivity index (χ1) is 7.99. The molecule has 0 amide bonds. The van der Waals surface area contributed by atoms with Crippen molar-refractivity contribution >= 4 is 5.69 Å². The second-order valence-electron chi connectivity index (χ2n) is 3.45. The van der Waals surface area contributed by atoms with Crippen LogP contribution in [-0.2, 0) is 7.05 Å². The van der Waals surface area contributed by atoms with E-state index in [2.05, 4.69) is 5.10 Å². The maximum absolute atomic E-state index is 13.2. The molecule has 1 heterocycles. The van der Waals surface area contributed by atoms with Crippen LogP contribution in [-0.4, -0.2) is 14.7 Å². The maximum atomic E-state index is 13.2. The normalized spacial score (nSPS) is 10.5. The molecule has 0 bridgehead atoms. The largest absolute Gasteiger partial charge is 0.308 e. The van der Waals surface area contributed by atoms with E-state index in [9.17, 15) is 18.9 Å². The van der Waals surface area contributed by atoms with Gasteiger partial charge in [-0.15, -0.1) is 0 Å². The van der Waals surface area contributed by atoms with Crippen molar-refractivity contribution in [3.8, 4) is 11.1 Å². The fourth-order valence-electron chi connectivity index (χ4n) is 1.44. The summed E-state index contributed by atoms with van der Waals surface area (Å²) in [7, 11) is 1.65. The van der Waals surface area contributed by atoms with Crippen molar-refractivity contribution in [3.63, 3.8) is 0 Å². The van der Waals surface area contributed by atoms with Crippen molar-refractivity contribution < 1.29 is 13.7 Å². The van der Waals surface area contributed by atoms with Gasteiger partial charge in [0, 0.05) is 24.9 Å². The van der Waals surface area contributed by atoms with Gasteiger partial charge in [0.15, 0.2) is 5.82 Å². The Kier molecular flexibility index (Phi) is 2.58. The Morgan fingerprint density at radius 3 is 2.59 bits per heavy atom. The molecule has 1 aromatic carbocycles. The van der Waals surface area contributed by atoms with Crippen LogP contribution in [0, 0.1) is 21.7 Å². The van der Waals surface area contributed by atoms with E-state index >= 15 is 0 Å². The van der Waals surface area contributed by atoms with Crippen LogP contribution in [0.4, 0.5) is 14.5 Å². The van der Waals surface area contributed by atoms with Gasteiger partial charge in [-0.25, -0.2) is 4.39 Å². The summed E-state index contributed by atoms with van der Waals surface area (Å²) in [5, 5.41) is 14.4. The lowest BCUT2D eigenvalue weighted by Gasteiger charge is -2.00. The molecule has 0 fully saturated rings. The van der Waals surface area contributed by atoms with Crippen molar-refractivity contribution in [2.75, 3.05) is 0 Å². The molecular weight excluding hydrogens is 232 g/mol. The number of hydrogen-bond acceptors (Lipinski definition) is 3. The van der Waals surface area contributed by atoms with E-state index in [0.29, 0.717) is 5.56 Å². The van der Waals surface area contributed by atoms with Gasteiger partial charge in [0.2, 0.25) is 5.82 Å². The predicted octanol–water partition coefficient (Wildman–Crippen LogP) is 2.27. The van der Waals surface area contributed by atoms with E-state index < -0.39 is 22.2 Å². The predicted molar refractivity (Wildman–Crippen MR) is 55.2 cm³/mol. The van der Waals surface area contributed by atoms with Crippen molar-refractivity contribution in [2.24, 2.45) is 7.05 Å². The third kappa shape index (κ3) is 1.99. The minimum atomic E-state index is -1.46. The van der Waals surface area contributed by atoms with Crippen LogP contribution < -0.4 is 0 Å². The van der Waals surface area contributed by atoms with Crippen molar-refractivity contribution in [3.05, 3.63) is 46.3 Å². The molecule has 0 N–H and O–H groups in total. The van der Waals surface area contributed by atoms with Crippen LogP contribution in [0.5, 0.6) is 0 Å². The third-order valence-corrected chi connectivity index (χ3v) is 2.24. The van der Waals surface area contributed by atoms with Gasteiger partial charge in [-0.3, -0.25) is 14.8 Å². The Morgan fingerprint density at radius 2 is 2.06 bits per heavy atom. The zero-order valence-corrected chi connectivity index (χ0v) is 8.72. The Morgan fingerprint density at radius 1 is 1.35 bits per heavy atom. The Bertz CT molecular complexity index is 595. The summed E-state index contributed by atoms with van der Waals surface area (Å²) in [6, 6.07) is 1.88. The van der Waals surface area contributed by atoms with Crippen LogP contribution in [0.25, 0.3) is 11.1 Å². The van der Waals surface area contributed by atoms with Gasteiger partial charge in [0.1, 0.15) is 0 Å². The zero-order valence-electron chi connectivity index (χ0n) is 8.72. The average Bonchev–Trinajstić information content (AvgIpc) is 2.68. The average molecular weight is 239 g/mol. The summed E-state index contributed by atoms with van der Waals surface area (Å²) in [6.07, 6.45) is 2.97. The molecular formula is C10H7F2N3O2. The topological polar surface area (TPSA) is 61.0 Å². The third-order valence-electron chi connectivity index (χ3n) is 2.24. The number of hydrogen-bond donors (Lipinski definition) is 0. The molecule has 0 aliphatic rings. The summed E-state index contributed by atoms with van der Waals surface area (Å²) in [5.74, 6) is -2.71. The number of rotatable bonds is 2. The quantitative estimate of drug-likeness (QED) is 0.596. The van der Waals surface area contributed by atoms with E-state index in [1.165, 1.54) is 10.9 Å². The Hall–Kier alpha value is -2.31.